The zero-order valence-electron chi connectivity index (χ0n) is 13.1. The molecule has 0 aliphatic rings. The maximum atomic E-state index is 12.0. The molecule has 0 saturated carbocycles. The quantitative estimate of drug-likeness (QED) is 0.653. The highest BCUT2D eigenvalue weighted by atomic mass is 32.2. The molecule has 124 valence electrons. The number of amides is 1. The van der Waals surface area contributed by atoms with E-state index in [1.54, 1.807) is 24.5 Å². The van der Waals surface area contributed by atoms with Gasteiger partial charge in [0.1, 0.15) is 5.03 Å². The highest BCUT2D eigenvalue weighted by Gasteiger charge is 2.13. The lowest BCUT2D eigenvalue weighted by molar-refractivity contribution is -0.118. The van der Waals surface area contributed by atoms with E-state index in [1.165, 1.54) is 16.6 Å². The number of carbonyl (C=O) groups excluding carboxylic acids is 1. The van der Waals surface area contributed by atoms with Crippen LogP contribution in [0.15, 0.2) is 45.4 Å². The fraction of sp³-hybridized carbons (Fsp3) is 0.250. The maximum absolute atomic E-state index is 12.0. The van der Waals surface area contributed by atoms with Gasteiger partial charge in [-0.1, -0.05) is 23.0 Å². The molecule has 3 rings (SSSR count). The Balaban J connectivity index is 1.53. The molecule has 1 amide bonds. The summed E-state index contributed by atoms with van der Waals surface area (Å²) in [5.74, 6) is 1.26. The van der Waals surface area contributed by atoms with Gasteiger partial charge in [-0.25, -0.2) is 4.98 Å². The molecule has 0 bridgehead atoms. The monoisotopic (exact) mass is 360 g/mol. The van der Waals surface area contributed by atoms with E-state index in [-0.39, 0.29) is 5.91 Å². The number of carbonyl (C=O) groups is 1. The number of thiophene rings is 1. The van der Waals surface area contributed by atoms with E-state index in [0.29, 0.717) is 29.0 Å². The number of nitrogens with zero attached hydrogens (tertiary/aromatic N) is 3. The van der Waals surface area contributed by atoms with Crippen molar-refractivity contribution >= 4 is 29.0 Å². The van der Waals surface area contributed by atoms with Crippen LogP contribution in [0.25, 0.3) is 11.4 Å². The van der Waals surface area contributed by atoms with Gasteiger partial charge >= 0.3 is 0 Å². The molecule has 0 aliphatic heterocycles. The standard InChI is InChI=1S/C16H16N4O2S2/c1-11-19-15(20-22-11)13-5-2-7-18-16(13)24-10-14(21)17-8-6-12-4-3-9-23-12/h2-5,7,9H,6,8,10H2,1H3,(H,17,21). The second-order valence-corrected chi connectivity index (χ2v) is 6.96. The van der Waals surface area contributed by atoms with Gasteiger partial charge in [-0.15, -0.1) is 11.3 Å². The molecule has 0 saturated heterocycles. The van der Waals surface area contributed by atoms with Crippen LogP contribution in [0.5, 0.6) is 0 Å². The first-order valence-electron chi connectivity index (χ1n) is 7.40. The summed E-state index contributed by atoms with van der Waals surface area (Å²) in [6, 6.07) is 7.76. The molecule has 0 atom stereocenters. The molecule has 24 heavy (non-hydrogen) atoms. The number of rotatable bonds is 7. The minimum Gasteiger partial charge on any atom is -0.355 e. The summed E-state index contributed by atoms with van der Waals surface area (Å²) in [5.41, 5.74) is 0.769. The van der Waals surface area contributed by atoms with Crippen LogP contribution in [0.4, 0.5) is 0 Å². The Kier molecular flexibility index (Phi) is 5.60. The zero-order chi connectivity index (χ0) is 16.8. The maximum Gasteiger partial charge on any atom is 0.230 e. The lowest BCUT2D eigenvalue weighted by Crippen LogP contribution is -2.27. The Labute approximate surface area is 147 Å². The van der Waals surface area contributed by atoms with Crippen molar-refractivity contribution in [2.24, 2.45) is 0 Å². The summed E-state index contributed by atoms with van der Waals surface area (Å²) in [5, 5.41) is 9.59. The van der Waals surface area contributed by atoms with E-state index in [1.807, 2.05) is 23.6 Å². The smallest absolute Gasteiger partial charge is 0.230 e. The predicted octanol–water partition coefficient (Wildman–Crippen LogP) is 2.95. The second kappa shape index (κ2) is 8.07. The van der Waals surface area contributed by atoms with Gasteiger partial charge in [0.15, 0.2) is 0 Å². The third-order valence-electron chi connectivity index (χ3n) is 3.15. The summed E-state index contributed by atoms with van der Waals surface area (Å²) in [4.78, 5) is 21.8. The largest absolute Gasteiger partial charge is 0.355 e. The molecular formula is C16H16N4O2S2. The first-order chi connectivity index (χ1) is 11.7. The molecule has 1 N–H and O–H groups in total. The normalized spacial score (nSPS) is 10.7. The van der Waals surface area contributed by atoms with Crippen LogP contribution < -0.4 is 5.32 Å². The molecule has 8 heteroatoms. The van der Waals surface area contributed by atoms with Gasteiger partial charge in [-0.05, 0) is 30.0 Å². The van der Waals surface area contributed by atoms with Crippen molar-refractivity contribution in [2.45, 2.75) is 18.4 Å². The van der Waals surface area contributed by atoms with Crippen LogP contribution in [0.2, 0.25) is 0 Å². The Morgan fingerprint density at radius 3 is 3.04 bits per heavy atom. The van der Waals surface area contributed by atoms with Gasteiger partial charge in [0.25, 0.3) is 0 Å². The number of thioether (sulfide) groups is 1. The summed E-state index contributed by atoms with van der Waals surface area (Å²) < 4.78 is 5.01. The van der Waals surface area contributed by atoms with Crippen molar-refractivity contribution in [3.63, 3.8) is 0 Å². The summed E-state index contributed by atoms with van der Waals surface area (Å²) in [6.07, 6.45) is 2.54. The summed E-state index contributed by atoms with van der Waals surface area (Å²) in [6.45, 7) is 2.37. The van der Waals surface area contributed by atoms with Gasteiger partial charge in [0, 0.05) is 24.5 Å². The van der Waals surface area contributed by atoms with E-state index in [2.05, 4.69) is 26.5 Å². The van der Waals surface area contributed by atoms with Crippen LogP contribution in [-0.4, -0.2) is 33.3 Å². The van der Waals surface area contributed by atoms with Gasteiger partial charge < -0.3 is 9.84 Å². The van der Waals surface area contributed by atoms with Crippen molar-refractivity contribution in [3.8, 4) is 11.4 Å². The topological polar surface area (TPSA) is 80.9 Å². The Morgan fingerprint density at radius 1 is 1.38 bits per heavy atom. The minimum atomic E-state index is -0.0162. The van der Waals surface area contributed by atoms with Crippen LogP contribution in [-0.2, 0) is 11.2 Å². The highest BCUT2D eigenvalue weighted by Crippen LogP contribution is 2.27. The lowest BCUT2D eigenvalue weighted by atomic mass is 10.3. The zero-order valence-corrected chi connectivity index (χ0v) is 14.7. The Bertz CT molecular complexity index is 802. The van der Waals surface area contributed by atoms with Crippen molar-refractivity contribution < 1.29 is 9.32 Å². The van der Waals surface area contributed by atoms with Crippen LogP contribution in [0.3, 0.4) is 0 Å². The lowest BCUT2D eigenvalue weighted by Gasteiger charge is -2.06. The van der Waals surface area contributed by atoms with Crippen LogP contribution in [0.1, 0.15) is 10.8 Å². The van der Waals surface area contributed by atoms with E-state index >= 15 is 0 Å². The van der Waals surface area contributed by atoms with Crippen LogP contribution >= 0.6 is 23.1 Å². The molecule has 0 aliphatic carbocycles. The number of pyridine rings is 1. The van der Waals surface area contributed by atoms with E-state index in [4.69, 9.17) is 4.52 Å². The molecule has 0 unspecified atom stereocenters. The molecular weight excluding hydrogens is 344 g/mol. The van der Waals surface area contributed by atoms with Crippen molar-refractivity contribution in [3.05, 3.63) is 46.6 Å². The van der Waals surface area contributed by atoms with Gasteiger partial charge in [-0.3, -0.25) is 4.79 Å². The van der Waals surface area contributed by atoms with Gasteiger partial charge in [0.2, 0.25) is 17.6 Å². The Hall–Kier alpha value is -2.19. The third-order valence-corrected chi connectivity index (χ3v) is 5.09. The molecule has 0 aromatic carbocycles. The first-order valence-corrected chi connectivity index (χ1v) is 9.26. The third kappa shape index (κ3) is 4.42. The van der Waals surface area contributed by atoms with E-state index < -0.39 is 0 Å². The summed E-state index contributed by atoms with van der Waals surface area (Å²) >= 11 is 3.06. The average Bonchev–Trinajstić information content (AvgIpc) is 3.25. The van der Waals surface area contributed by atoms with Gasteiger partial charge in [-0.2, -0.15) is 4.98 Å². The van der Waals surface area contributed by atoms with Crippen LogP contribution in [0, 0.1) is 6.92 Å². The number of aromatic nitrogens is 3. The fourth-order valence-corrected chi connectivity index (χ4v) is 3.58. The predicted molar refractivity (Wildman–Crippen MR) is 94.0 cm³/mol. The molecule has 3 heterocycles. The molecule has 0 fully saturated rings. The van der Waals surface area contributed by atoms with E-state index in [9.17, 15) is 4.79 Å². The molecule has 0 spiro atoms. The molecule has 3 aromatic rings. The minimum absolute atomic E-state index is 0.0162. The number of aryl methyl sites for hydroxylation is 1. The van der Waals surface area contributed by atoms with Crippen molar-refractivity contribution in [2.75, 3.05) is 12.3 Å². The first kappa shape index (κ1) is 16.7. The van der Waals surface area contributed by atoms with Gasteiger partial charge in [0.05, 0.1) is 11.3 Å². The number of hydrogen-bond donors (Lipinski definition) is 1. The molecule has 0 radical (unpaired) electrons. The summed E-state index contributed by atoms with van der Waals surface area (Å²) in [7, 11) is 0. The van der Waals surface area contributed by atoms with Crippen molar-refractivity contribution in [1.29, 1.82) is 0 Å². The number of nitrogens with one attached hydrogen (secondary N) is 1. The highest BCUT2D eigenvalue weighted by molar-refractivity contribution is 8.00. The van der Waals surface area contributed by atoms with E-state index in [0.717, 1.165) is 12.0 Å². The van der Waals surface area contributed by atoms with Crippen molar-refractivity contribution in [1.82, 2.24) is 20.4 Å². The average molecular weight is 360 g/mol. The number of hydrogen-bond acceptors (Lipinski definition) is 7. The second-order valence-electron chi connectivity index (χ2n) is 4.96. The molecule has 6 nitrogen and oxygen atoms in total. The Morgan fingerprint density at radius 2 is 2.29 bits per heavy atom. The fourth-order valence-electron chi connectivity index (χ4n) is 2.05. The molecule has 3 aromatic heterocycles. The SMILES string of the molecule is Cc1nc(-c2cccnc2SCC(=O)NCCc2cccs2)no1.